The first-order chi connectivity index (χ1) is 13.2. The number of amides is 1. The third-order valence-corrected chi connectivity index (χ3v) is 5.99. The fourth-order valence-corrected chi connectivity index (χ4v) is 4.37. The number of piperidine rings is 1. The van der Waals surface area contributed by atoms with Crippen LogP contribution in [-0.4, -0.2) is 59.9 Å². The molecule has 156 valence electrons. The van der Waals surface area contributed by atoms with Gasteiger partial charge in [0.25, 0.3) is 0 Å². The van der Waals surface area contributed by atoms with Gasteiger partial charge >= 0.3 is 12.1 Å². The SMILES string of the molecule is O=C(NC1CC1)[C@H]1CN(Cc2cccs2)C[C@H]2OCC[C@@H]12.O=C(O)C(F)(F)F. The van der Waals surface area contributed by atoms with Crippen molar-refractivity contribution in [1.82, 2.24) is 10.2 Å². The largest absolute Gasteiger partial charge is 0.490 e. The molecule has 1 aliphatic carbocycles. The first-order valence-corrected chi connectivity index (χ1v) is 10.1. The van der Waals surface area contributed by atoms with Crippen LogP contribution in [0.3, 0.4) is 0 Å². The Labute approximate surface area is 164 Å². The number of nitrogens with one attached hydrogen (secondary N) is 1. The van der Waals surface area contributed by atoms with Crippen molar-refractivity contribution in [2.45, 2.75) is 44.1 Å². The summed E-state index contributed by atoms with van der Waals surface area (Å²) in [5, 5.41) is 12.4. The first kappa shape index (κ1) is 21.1. The number of thiophene rings is 1. The number of aliphatic carboxylic acids is 1. The maximum absolute atomic E-state index is 12.5. The number of halogens is 3. The smallest absolute Gasteiger partial charge is 0.475 e. The van der Waals surface area contributed by atoms with Crippen LogP contribution in [0.2, 0.25) is 0 Å². The molecule has 2 N–H and O–H groups in total. The molecule has 28 heavy (non-hydrogen) atoms. The highest BCUT2D eigenvalue weighted by Gasteiger charge is 2.44. The zero-order valence-electron chi connectivity index (χ0n) is 15.2. The van der Waals surface area contributed by atoms with Gasteiger partial charge in [0, 0.05) is 43.1 Å². The second-order valence-corrected chi connectivity index (χ2v) is 8.36. The lowest BCUT2D eigenvalue weighted by molar-refractivity contribution is -0.192. The average molecular weight is 420 g/mol. The van der Waals surface area contributed by atoms with Gasteiger partial charge in [-0.3, -0.25) is 9.69 Å². The molecular formula is C18H23F3N2O4S. The van der Waals surface area contributed by atoms with Gasteiger partial charge in [-0.1, -0.05) is 6.07 Å². The Morgan fingerprint density at radius 3 is 2.57 bits per heavy atom. The molecule has 1 saturated carbocycles. The maximum atomic E-state index is 12.5. The maximum Gasteiger partial charge on any atom is 0.490 e. The standard InChI is InChI=1S/C16H22N2O2S.C2HF3O2/c19-16(17-11-3-4-11)14-9-18(8-12-2-1-7-21-12)10-15-13(14)5-6-20-15;3-2(4,5)1(6)7/h1-2,7,11,13-15H,3-6,8-10H2,(H,17,19);(H,6,7)/t13-,14-,15+;/m0./s1. The van der Waals surface area contributed by atoms with Crippen LogP contribution >= 0.6 is 11.3 Å². The number of carboxylic acid groups (broad SMARTS) is 1. The van der Waals surface area contributed by atoms with E-state index in [2.05, 4.69) is 27.7 Å². The van der Waals surface area contributed by atoms with Crippen molar-refractivity contribution in [3.05, 3.63) is 22.4 Å². The number of alkyl halides is 3. The molecule has 1 aromatic rings. The number of ether oxygens (including phenoxy) is 1. The Bertz CT molecular complexity index is 679. The van der Waals surface area contributed by atoms with E-state index < -0.39 is 12.1 Å². The average Bonchev–Trinajstić information content (AvgIpc) is 3.08. The zero-order chi connectivity index (χ0) is 20.3. The fourth-order valence-electron chi connectivity index (χ4n) is 3.62. The van der Waals surface area contributed by atoms with E-state index in [4.69, 9.17) is 14.6 Å². The molecule has 2 saturated heterocycles. The number of hydrogen-bond donors (Lipinski definition) is 2. The molecule has 0 radical (unpaired) electrons. The Morgan fingerprint density at radius 2 is 2.00 bits per heavy atom. The number of carbonyl (C=O) groups excluding carboxylic acids is 1. The van der Waals surface area contributed by atoms with Crippen LogP contribution in [0.4, 0.5) is 13.2 Å². The van der Waals surface area contributed by atoms with Crippen LogP contribution in [0.25, 0.3) is 0 Å². The van der Waals surface area contributed by atoms with Crippen LogP contribution in [0, 0.1) is 11.8 Å². The molecule has 4 rings (SSSR count). The number of nitrogens with zero attached hydrogens (tertiary/aromatic N) is 1. The van der Waals surface area contributed by atoms with Gasteiger partial charge in [0.1, 0.15) is 0 Å². The number of rotatable bonds is 4. The molecule has 0 bridgehead atoms. The lowest BCUT2D eigenvalue weighted by Gasteiger charge is -2.39. The predicted molar refractivity (Wildman–Crippen MR) is 95.8 cm³/mol. The highest BCUT2D eigenvalue weighted by Crippen LogP contribution is 2.35. The lowest BCUT2D eigenvalue weighted by Crippen LogP contribution is -2.52. The summed E-state index contributed by atoms with van der Waals surface area (Å²) in [6.45, 7) is 3.60. The van der Waals surface area contributed by atoms with Gasteiger partial charge in [-0.25, -0.2) is 4.79 Å². The van der Waals surface area contributed by atoms with Crippen molar-refractivity contribution in [2.24, 2.45) is 11.8 Å². The molecule has 2 aliphatic heterocycles. The summed E-state index contributed by atoms with van der Waals surface area (Å²) in [5.74, 6) is -1.98. The van der Waals surface area contributed by atoms with E-state index in [1.165, 1.54) is 4.88 Å². The van der Waals surface area contributed by atoms with Gasteiger partial charge in [0.2, 0.25) is 5.91 Å². The van der Waals surface area contributed by atoms with Gasteiger partial charge in [0.05, 0.1) is 12.0 Å². The minimum absolute atomic E-state index is 0.104. The number of carboxylic acids is 1. The number of likely N-dealkylation sites (tertiary alicyclic amines) is 1. The van der Waals surface area contributed by atoms with Gasteiger partial charge in [-0.2, -0.15) is 13.2 Å². The molecule has 3 atom stereocenters. The number of fused-ring (bicyclic) bond motifs is 1. The Balaban J connectivity index is 0.000000279. The summed E-state index contributed by atoms with van der Waals surface area (Å²) in [5.41, 5.74) is 0. The van der Waals surface area contributed by atoms with Gasteiger partial charge < -0.3 is 15.2 Å². The quantitative estimate of drug-likeness (QED) is 0.783. The van der Waals surface area contributed by atoms with Crippen molar-refractivity contribution >= 4 is 23.2 Å². The summed E-state index contributed by atoms with van der Waals surface area (Å²) in [4.78, 5) is 25.2. The highest BCUT2D eigenvalue weighted by molar-refractivity contribution is 7.09. The Hall–Kier alpha value is -1.65. The molecule has 3 fully saturated rings. The van der Waals surface area contributed by atoms with Crippen molar-refractivity contribution in [3.8, 4) is 0 Å². The van der Waals surface area contributed by atoms with Gasteiger partial charge in [-0.15, -0.1) is 11.3 Å². The predicted octanol–water partition coefficient (Wildman–Crippen LogP) is 2.50. The third kappa shape index (κ3) is 5.68. The van der Waals surface area contributed by atoms with E-state index in [1.54, 1.807) is 11.3 Å². The van der Waals surface area contributed by atoms with Crippen molar-refractivity contribution in [2.75, 3.05) is 19.7 Å². The van der Waals surface area contributed by atoms with Gasteiger partial charge in [-0.05, 0) is 30.7 Å². The van der Waals surface area contributed by atoms with Crippen molar-refractivity contribution < 1.29 is 32.6 Å². The molecule has 0 unspecified atom stereocenters. The summed E-state index contributed by atoms with van der Waals surface area (Å²) in [6, 6.07) is 4.72. The first-order valence-electron chi connectivity index (χ1n) is 9.21. The fraction of sp³-hybridized carbons (Fsp3) is 0.667. The van der Waals surface area contributed by atoms with E-state index in [1.807, 2.05) is 0 Å². The lowest BCUT2D eigenvalue weighted by atomic mass is 9.82. The number of hydrogen-bond acceptors (Lipinski definition) is 5. The topological polar surface area (TPSA) is 78.9 Å². The molecule has 6 nitrogen and oxygen atoms in total. The van der Waals surface area contributed by atoms with E-state index >= 15 is 0 Å². The number of carbonyl (C=O) groups is 2. The van der Waals surface area contributed by atoms with Crippen LogP contribution in [0.5, 0.6) is 0 Å². The third-order valence-electron chi connectivity index (χ3n) is 5.13. The molecular weight excluding hydrogens is 397 g/mol. The molecule has 1 amide bonds. The second kappa shape index (κ2) is 8.79. The van der Waals surface area contributed by atoms with Crippen LogP contribution in [0.15, 0.2) is 17.5 Å². The van der Waals surface area contributed by atoms with Crippen LogP contribution in [-0.2, 0) is 20.9 Å². The molecule has 1 aromatic heterocycles. The van der Waals surface area contributed by atoms with E-state index in [-0.39, 0.29) is 17.9 Å². The summed E-state index contributed by atoms with van der Waals surface area (Å²) in [7, 11) is 0. The molecule has 0 spiro atoms. The highest BCUT2D eigenvalue weighted by atomic mass is 32.1. The molecule has 0 aromatic carbocycles. The summed E-state index contributed by atoms with van der Waals surface area (Å²) in [6.07, 6.45) is -1.49. The Kier molecular flexibility index (Phi) is 6.61. The summed E-state index contributed by atoms with van der Waals surface area (Å²) < 4.78 is 37.6. The molecule has 3 heterocycles. The van der Waals surface area contributed by atoms with E-state index in [0.717, 1.165) is 45.5 Å². The minimum Gasteiger partial charge on any atom is -0.475 e. The minimum atomic E-state index is -5.08. The van der Waals surface area contributed by atoms with Crippen LogP contribution < -0.4 is 5.32 Å². The normalized spacial score (nSPS) is 27.5. The zero-order valence-corrected chi connectivity index (χ0v) is 16.0. The van der Waals surface area contributed by atoms with E-state index in [9.17, 15) is 18.0 Å². The molecule has 3 aliphatic rings. The van der Waals surface area contributed by atoms with Gasteiger partial charge in [0.15, 0.2) is 0 Å². The molecule has 10 heteroatoms. The van der Waals surface area contributed by atoms with Crippen molar-refractivity contribution in [3.63, 3.8) is 0 Å². The summed E-state index contributed by atoms with van der Waals surface area (Å²) >= 11 is 1.79. The monoisotopic (exact) mass is 420 g/mol. The van der Waals surface area contributed by atoms with E-state index in [0.29, 0.717) is 12.0 Å². The van der Waals surface area contributed by atoms with Crippen molar-refractivity contribution in [1.29, 1.82) is 0 Å². The second-order valence-electron chi connectivity index (χ2n) is 7.33. The Morgan fingerprint density at radius 1 is 1.29 bits per heavy atom. The van der Waals surface area contributed by atoms with Crippen LogP contribution in [0.1, 0.15) is 24.1 Å².